The fraction of sp³-hybridized carbons (Fsp3) is 0.778. The fourth-order valence-electron chi connectivity index (χ4n) is 1.79. The summed E-state index contributed by atoms with van der Waals surface area (Å²) in [6, 6.07) is 0.728. The van der Waals surface area contributed by atoms with Gasteiger partial charge in [-0.3, -0.25) is 0 Å². The molecule has 5 nitrogen and oxygen atoms in total. The molecule has 0 aromatic carbocycles. The molecule has 0 unspecified atom stereocenters. The predicted octanol–water partition coefficient (Wildman–Crippen LogP) is 1.42. The predicted molar refractivity (Wildman–Crippen MR) is 54.0 cm³/mol. The van der Waals surface area contributed by atoms with Crippen LogP contribution in [0.5, 0.6) is 0 Å². The lowest BCUT2D eigenvalue weighted by Gasteiger charge is -2.21. The van der Waals surface area contributed by atoms with Crippen molar-refractivity contribution in [1.29, 1.82) is 0 Å². The first-order valence-electron chi connectivity index (χ1n) is 5.20. The molecule has 1 aliphatic rings. The van der Waals surface area contributed by atoms with Gasteiger partial charge in [-0.2, -0.15) is 0 Å². The van der Waals surface area contributed by atoms with E-state index in [1.807, 2.05) is 0 Å². The van der Waals surface area contributed by atoms with Gasteiger partial charge >= 0.3 is 12.0 Å². The third-order valence-corrected chi connectivity index (χ3v) is 2.56. The van der Waals surface area contributed by atoms with E-state index in [4.69, 9.17) is 10.2 Å². The van der Waals surface area contributed by atoms with Gasteiger partial charge < -0.3 is 15.1 Å². The Kier molecular flexibility index (Phi) is 2.86. The van der Waals surface area contributed by atoms with Crippen LogP contribution in [0.15, 0.2) is 4.42 Å². The summed E-state index contributed by atoms with van der Waals surface area (Å²) in [5, 5.41) is 7.56. The molecule has 0 spiro atoms. The third-order valence-electron chi connectivity index (χ3n) is 2.56. The topological polar surface area (TPSA) is 68.2 Å². The van der Waals surface area contributed by atoms with Gasteiger partial charge in [0.25, 0.3) is 0 Å². The summed E-state index contributed by atoms with van der Waals surface area (Å²) in [5.74, 6) is 0. The van der Waals surface area contributed by atoms with E-state index >= 15 is 0 Å². The zero-order valence-electron chi connectivity index (χ0n) is 8.28. The molecule has 1 aromatic rings. The quantitative estimate of drug-likeness (QED) is 0.735. The number of hydrogen-bond donors (Lipinski definition) is 1. The molecule has 2 N–H and O–H groups in total. The van der Waals surface area contributed by atoms with E-state index in [1.165, 1.54) is 32.1 Å². The van der Waals surface area contributed by atoms with Crippen molar-refractivity contribution in [3.8, 4) is 0 Å². The summed E-state index contributed by atoms with van der Waals surface area (Å²) in [4.78, 5) is 2.13. The molecule has 0 saturated carbocycles. The lowest BCUT2D eigenvalue weighted by molar-refractivity contribution is 0.500. The van der Waals surface area contributed by atoms with Crippen LogP contribution in [0.2, 0.25) is 0 Å². The van der Waals surface area contributed by atoms with Crippen molar-refractivity contribution < 1.29 is 4.42 Å². The van der Waals surface area contributed by atoms with Gasteiger partial charge in [-0.1, -0.05) is 29.5 Å². The molecule has 1 fully saturated rings. The van der Waals surface area contributed by atoms with E-state index in [9.17, 15) is 0 Å². The fourth-order valence-corrected chi connectivity index (χ4v) is 1.79. The number of rotatable bonds is 1. The van der Waals surface area contributed by atoms with Crippen molar-refractivity contribution in [2.24, 2.45) is 0 Å². The van der Waals surface area contributed by atoms with Crippen LogP contribution in [-0.2, 0) is 0 Å². The summed E-state index contributed by atoms with van der Waals surface area (Å²) in [6.07, 6.45) is 6.32. The minimum absolute atomic E-state index is 0.155. The third kappa shape index (κ3) is 2.16. The number of nitrogen functional groups attached to an aromatic ring is 1. The molecule has 2 heterocycles. The number of nitrogens with two attached hydrogens (primary N) is 1. The van der Waals surface area contributed by atoms with Crippen LogP contribution in [0.4, 0.5) is 12.0 Å². The van der Waals surface area contributed by atoms with Gasteiger partial charge in [0.1, 0.15) is 0 Å². The molecule has 0 amide bonds. The Labute approximate surface area is 83.3 Å². The molecule has 1 aliphatic heterocycles. The average molecular weight is 196 g/mol. The molecule has 0 radical (unpaired) electrons. The molecule has 0 atom stereocenters. The Morgan fingerprint density at radius 1 is 1.00 bits per heavy atom. The Morgan fingerprint density at radius 2 is 1.64 bits per heavy atom. The van der Waals surface area contributed by atoms with E-state index in [2.05, 4.69) is 15.1 Å². The molecular formula is C9H16N4O. The summed E-state index contributed by atoms with van der Waals surface area (Å²) in [7, 11) is 0. The van der Waals surface area contributed by atoms with Crippen molar-refractivity contribution in [2.45, 2.75) is 32.1 Å². The first kappa shape index (κ1) is 9.30. The van der Waals surface area contributed by atoms with Crippen molar-refractivity contribution >= 4 is 12.0 Å². The van der Waals surface area contributed by atoms with E-state index in [-0.39, 0.29) is 6.01 Å². The highest BCUT2D eigenvalue weighted by Gasteiger charge is 2.14. The molecule has 2 rings (SSSR count). The Bertz CT molecular complexity index is 278. The van der Waals surface area contributed by atoms with Crippen molar-refractivity contribution in [3.05, 3.63) is 0 Å². The minimum atomic E-state index is 0.155. The SMILES string of the molecule is Nc1nnc(N2CCCCCCC2)o1. The van der Waals surface area contributed by atoms with Gasteiger partial charge in [-0.05, 0) is 12.8 Å². The maximum Gasteiger partial charge on any atom is 0.319 e. The monoisotopic (exact) mass is 196 g/mol. The summed E-state index contributed by atoms with van der Waals surface area (Å²) in [6.45, 7) is 2.00. The molecule has 0 bridgehead atoms. The van der Waals surface area contributed by atoms with Crippen LogP contribution in [0.25, 0.3) is 0 Å². The Balaban J connectivity index is 2.00. The lowest BCUT2D eigenvalue weighted by atomic mass is 10.1. The second kappa shape index (κ2) is 4.30. The molecule has 78 valence electrons. The summed E-state index contributed by atoms with van der Waals surface area (Å²) in [5.41, 5.74) is 5.39. The van der Waals surface area contributed by atoms with E-state index in [0.29, 0.717) is 6.01 Å². The van der Waals surface area contributed by atoms with Crippen molar-refractivity contribution in [3.63, 3.8) is 0 Å². The van der Waals surface area contributed by atoms with Crippen molar-refractivity contribution in [1.82, 2.24) is 10.2 Å². The maximum absolute atomic E-state index is 5.39. The van der Waals surface area contributed by atoms with Gasteiger partial charge in [0.05, 0.1) is 0 Å². The standard InChI is InChI=1S/C9H16N4O/c10-8-11-12-9(14-8)13-6-4-2-1-3-5-7-13/h1-7H2,(H2,10,11). The maximum atomic E-state index is 5.39. The second-order valence-electron chi connectivity index (χ2n) is 3.68. The van der Waals surface area contributed by atoms with Crippen LogP contribution in [0.3, 0.4) is 0 Å². The summed E-state index contributed by atoms with van der Waals surface area (Å²) >= 11 is 0. The van der Waals surface area contributed by atoms with Crippen LogP contribution in [0, 0.1) is 0 Å². The zero-order chi connectivity index (χ0) is 9.80. The van der Waals surface area contributed by atoms with E-state index in [1.54, 1.807) is 0 Å². The molecule has 1 saturated heterocycles. The van der Waals surface area contributed by atoms with Gasteiger partial charge in [-0.15, -0.1) is 0 Å². The second-order valence-corrected chi connectivity index (χ2v) is 3.68. The molecular weight excluding hydrogens is 180 g/mol. The smallest absolute Gasteiger partial charge is 0.319 e. The lowest BCUT2D eigenvalue weighted by Crippen LogP contribution is -2.27. The van der Waals surface area contributed by atoms with Gasteiger partial charge in [-0.25, -0.2) is 0 Å². The number of nitrogens with zero attached hydrogens (tertiary/aromatic N) is 3. The highest BCUT2D eigenvalue weighted by molar-refractivity contribution is 5.27. The Hall–Kier alpha value is -1.26. The first-order chi connectivity index (χ1) is 6.86. The first-order valence-corrected chi connectivity index (χ1v) is 5.20. The van der Waals surface area contributed by atoms with Crippen LogP contribution in [0.1, 0.15) is 32.1 Å². The Morgan fingerprint density at radius 3 is 2.21 bits per heavy atom. The number of anilines is 2. The van der Waals surface area contributed by atoms with E-state index < -0.39 is 0 Å². The van der Waals surface area contributed by atoms with Crippen LogP contribution in [-0.4, -0.2) is 23.3 Å². The average Bonchev–Trinajstić information content (AvgIpc) is 2.51. The molecule has 0 aliphatic carbocycles. The number of hydrogen-bond acceptors (Lipinski definition) is 5. The molecule has 5 heteroatoms. The van der Waals surface area contributed by atoms with E-state index in [0.717, 1.165) is 13.1 Å². The highest BCUT2D eigenvalue weighted by atomic mass is 16.4. The van der Waals surface area contributed by atoms with Gasteiger partial charge in [0.15, 0.2) is 0 Å². The zero-order valence-corrected chi connectivity index (χ0v) is 8.28. The molecule has 1 aromatic heterocycles. The van der Waals surface area contributed by atoms with Crippen LogP contribution < -0.4 is 10.6 Å². The van der Waals surface area contributed by atoms with Gasteiger partial charge in [0, 0.05) is 13.1 Å². The largest absolute Gasteiger partial charge is 0.390 e. The highest BCUT2D eigenvalue weighted by Crippen LogP contribution is 2.18. The molecule has 14 heavy (non-hydrogen) atoms. The number of aromatic nitrogens is 2. The minimum Gasteiger partial charge on any atom is -0.390 e. The van der Waals surface area contributed by atoms with Gasteiger partial charge in [0.2, 0.25) is 0 Å². The summed E-state index contributed by atoms with van der Waals surface area (Å²) < 4.78 is 5.20. The van der Waals surface area contributed by atoms with Crippen LogP contribution >= 0.6 is 0 Å². The van der Waals surface area contributed by atoms with Crippen molar-refractivity contribution in [2.75, 3.05) is 23.7 Å². The normalized spacial score (nSPS) is 19.0.